The zero-order valence-corrected chi connectivity index (χ0v) is 10.2. The van der Waals surface area contributed by atoms with E-state index in [0.717, 1.165) is 0 Å². The Balaban J connectivity index is 3.78. The first-order valence-corrected chi connectivity index (χ1v) is 5.16. The Bertz CT molecular complexity index is 182. The summed E-state index contributed by atoms with van der Waals surface area (Å²) in [6.07, 6.45) is -0.0331. The first-order chi connectivity index (χ1) is 6.23. The Kier molecular flexibility index (Phi) is 5.13. The van der Waals surface area contributed by atoms with Gasteiger partial charge in [-0.2, -0.15) is 0 Å². The molecule has 0 bridgehead atoms. The number of nitrogens with one attached hydrogen (secondary N) is 1. The summed E-state index contributed by atoms with van der Waals surface area (Å²) in [5.74, 6) is -0.184. The normalized spacial score (nSPS) is 14.2. The number of ether oxygens (including phenoxy) is 1. The first-order valence-electron chi connectivity index (χ1n) is 5.16. The van der Waals surface area contributed by atoms with Crippen molar-refractivity contribution in [3.63, 3.8) is 0 Å². The molecule has 0 saturated carbocycles. The van der Waals surface area contributed by atoms with Gasteiger partial charge in [-0.15, -0.1) is 0 Å². The van der Waals surface area contributed by atoms with Crippen molar-refractivity contribution in [2.75, 3.05) is 6.54 Å². The maximum Gasteiger partial charge on any atom is 0.320 e. The van der Waals surface area contributed by atoms with Crippen molar-refractivity contribution in [1.82, 2.24) is 5.32 Å². The average Bonchev–Trinajstić information content (AvgIpc) is 1.96. The second-order valence-corrected chi connectivity index (χ2v) is 5.01. The van der Waals surface area contributed by atoms with E-state index in [2.05, 4.69) is 33.0 Å². The lowest BCUT2D eigenvalue weighted by Crippen LogP contribution is -2.41. The summed E-state index contributed by atoms with van der Waals surface area (Å²) < 4.78 is 5.01. The van der Waals surface area contributed by atoms with Crippen LogP contribution >= 0.6 is 0 Å². The largest absolute Gasteiger partial charge is 0.462 e. The predicted molar refractivity (Wildman–Crippen MR) is 58.1 cm³/mol. The molecular weight excluding hydrogens is 178 g/mol. The molecule has 1 N–H and O–H groups in total. The molecular formula is C11H23NO2. The lowest BCUT2D eigenvalue weighted by Gasteiger charge is -2.27. The third kappa shape index (κ3) is 5.97. The highest BCUT2D eigenvalue weighted by molar-refractivity contribution is 5.71. The van der Waals surface area contributed by atoms with Crippen molar-refractivity contribution >= 4 is 5.97 Å². The molecule has 0 aliphatic carbocycles. The van der Waals surface area contributed by atoms with Gasteiger partial charge in [0, 0.05) is 6.04 Å². The van der Waals surface area contributed by atoms with Gasteiger partial charge in [-0.1, -0.05) is 20.8 Å². The van der Waals surface area contributed by atoms with Crippen molar-refractivity contribution < 1.29 is 9.53 Å². The fourth-order valence-electron chi connectivity index (χ4n) is 0.847. The first kappa shape index (κ1) is 13.4. The van der Waals surface area contributed by atoms with Crippen LogP contribution < -0.4 is 5.32 Å². The predicted octanol–water partition coefficient (Wildman–Crippen LogP) is 1.96. The van der Waals surface area contributed by atoms with E-state index in [0.29, 0.717) is 6.04 Å². The van der Waals surface area contributed by atoms with Crippen molar-refractivity contribution in [3.05, 3.63) is 0 Å². The van der Waals surface area contributed by atoms with Crippen molar-refractivity contribution in [3.8, 4) is 0 Å². The Morgan fingerprint density at radius 2 is 1.79 bits per heavy atom. The molecule has 0 saturated heterocycles. The Hall–Kier alpha value is -0.570. The van der Waals surface area contributed by atoms with E-state index in [-0.39, 0.29) is 24.0 Å². The number of hydrogen-bond acceptors (Lipinski definition) is 3. The minimum atomic E-state index is -0.184. The maximum atomic E-state index is 11.2. The zero-order chi connectivity index (χ0) is 11.4. The van der Waals surface area contributed by atoms with E-state index in [4.69, 9.17) is 4.74 Å². The van der Waals surface area contributed by atoms with Gasteiger partial charge in [-0.25, -0.2) is 0 Å². The van der Waals surface area contributed by atoms with Gasteiger partial charge < -0.3 is 10.1 Å². The molecule has 0 rings (SSSR count). The van der Waals surface area contributed by atoms with E-state index in [1.54, 1.807) is 0 Å². The fourth-order valence-corrected chi connectivity index (χ4v) is 0.847. The highest BCUT2D eigenvalue weighted by Gasteiger charge is 2.20. The number of carbonyl (C=O) groups excluding carboxylic acids is 1. The number of carbonyl (C=O) groups is 1. The lowest BCUT2D eigenvalue weighted by atomic mass is 9.88. The number of hydrogen-bond donors (Lipinski definition) is 1. The maximum absolute atomic E-state index is 11.2. The molecule has 3 heteroatoms. The SMILES string of the molecule is CC(C)OC(=O)CNC(C)C(C)(C)C. The molecule has 0 fully saturated rings. The number of esters is 1. The highest BCUT2D eigenvalue weighted by Crippen LogP contribution is 2.18. The minimum Gasteiger partial charge on any atom is -0.462 e. The van der Waals surface area contributed by atoms with Crippen LogP contribution in [0.3, 0.4) is 0 Å². The molecule has 0 radical (unpaired) electrons. The molecule has 0 spiro atoms. The fraction of sp³-hybridized carbons (Fsp3) is 0.909. The third-order valence-corrected chi connectivity index (χ3v) is 2.22. The molecule has 84 valence electrons. The van der Waals surface area contributed by atoms with Gasteiger partial charge in [0.15, 0.2) is 0 Å². The number of rotatable bonds is 4. The van der Waals surface area contributed by atoms with Crippen LogP contribution in [0.25, 0.3) is 0 Å². The zero-order valence-electron chi connectivity index (χ0n) is 10.2. The molecule has 0 aliphatic rings. The van der Waals surface area contributed by atoms with E-state index < -0.39 is 0 Å². The van der Waals surface area contributed by atoms with Gasteiger partial charge in [0.05, 0.1) is 12.6 Å². The summed E-state index contributed by atoms with van der Waals surface area (Å²) >= 11 is 0. The van der Waals surface area contributed by atoms with Crippen molar-refractivity contribution in [2.45, 2.75) is 53.7 Å². The second kappa shape index (κ2) is 5.35. The molecule has 3 nitrogen and oxygen atoms in total. The Labute approximate surface area is 87.2 Å². The van der Waals surface area contributed by atoms with Gasteiger partial charge >= 0.3 is 5.97 Å². The van der Waals surface area contributed by atoms with Crippen molar-refractivity contribution in [2.24, 2.45) is 5.41 Å². The summed E-state index contributed by atoms with van der Waals surface area (Å²) in [7, 11) is 0. The summed E-state index contributed by atoms with van der Waals surface area (Å²) in [5.41, 5.74) is 0.165. The summed E-state index contributed by atoms with van der Waals surface area (Å²) in [5, 5.41) is 3.15. The summed E-state index contributed by atoms with van der Waals surface area (Å²) in [6, 6.07) is 0.294. The topological polar surface area (TPSA) is 38.3 Å². The monoisotopic (exact) mass is 201 g/mol. The second-order valence-electron chi connectivity index (χ2n) is 5.01. The third-order valence-electron chi connectivity index (χ3n) is 2.22. The highest BCUT2D eigenvalue weighted by atomic mass is 16.5. The Morgan fingerprint density at radius 1 is 1.29 bits per heavy atom. The van der Waals surface area contributed by atoms with Crippen LogP contribution in [0.4, 0.5) is 0 Å². The van der Waals surface area contributed by atoms with Crippen LogP contribution in [0.15, 0.2) is 0 Å². The van der Waals surface area contributed by atoms with Gasteiger partial charge in [-0.3, -0.25) is 4.79 Å². The van der Waals surface area contributed by atoms with Crippen LogP contribution in [0, 0.1) is 5.41 Å². The average molecular weight is 201 g/mol. The van der Waals surface area contributed by atoms with Gasteiger partial charge in [-0.05, 0) is 26.2 Å². The lowest BCUT2D eigenvalue weighted by molar-refractivity contribution is -0.146. The van der Waals surface area contributed by atoms with Crippen LogP contribution in [0.2, 0.25) is 0 Å². The van der Waals surface area contributed by atoms with Gasteiger partial charge in [0.1, 0.15) is 0 Å². The molecule has 0 amide bonds. The molecule has 0 aliphatic heterocycles. The van der Waals surface area contributed by atoms with Gasteiger partial charge in [0.25, 0.3) is 0 Å². The molecule has 1 atom stereocenters. The smallest absolute Gasteiger partial charge is 0.320 e. The van der Waals surface area contributed by atoms with Crippen LogP contribution in [0.5, 0.6) is 0 Å². The van der Waals surface area contributed by atoms with E-state index in [9.17, 15) is 4.79 Å². The molecule has 1 unspecified atom stereocenters. The van der Waals surface area contributed by atoms with Crippen molar-refractivity contribution in [1.29, 1.82) is 0 Å². The molecule has 14 heavy (non-hydrogen) atoms. The van der Waals surface area contributed by atoms with Crippen LogP contribution in [-0.2, 0) is 9.53 Å². The summed E-state index contributed by atoms with van der Waals surface area (Å²) in [6.45, 7) is 12.5. The van der Waals surface area contributed by atoms with Gasteiger partial charge in [0.2, 0.25) is 0 Å². The molecule has 0 aromatic rings. The Morgan fingerprint density at radius 3 is 2.14 bits per heavy atom. The van der Waals surface area contributed by atoms with E-state index in [1.807, 2.05) is 13.8 Å². The van der Waals surface area contributed by atoms with E-state index >= 15 is 0 Å². The molecule has 0 heterocycles. The summed E-state index contributed by atoms with van der Waals surface area (Å²) in [4.78, 5) is 11.2. The van der Waals surface area contributed by atoms with Crippen LogP contribution in [-0.4, -0.2) is 24.7 Å². The minimum absolute atomic E-state index is 0.0331. The molecule has 0 aromatic carbocycles. The molecule has 0 aromatic heterocycles. The van der Waals surface area contributed by atoms with E-state index in [1.165, 1.54) is 0 Å². The quantitative estimate of drug-likeness (QED) is 0.707. The standard InChI is InChI=1S/C11H23NO2/c1-8(2)14-10(13)7-12-9(3)11(4,5)6/h8-9,12H,7H2,1-6H3. The van der Waals surface area contributed by atoms with Crippen LogP contribution in [0.1, 0.15) is 41.5 Å².